The van der Waals surface area contributed by atoms with E-state index in [0.29, 0.717) is 0 Å². The minimum Gasteiger partial charge on any atom is -0.548 e. The van der Waals surface area contributed by atoms with Gasteiger partial charge in [-0.1, -0.05) is 6.42 Å². The van der Waals surface area contributed by atoms with E-state index >= 15 is 0 Å². The molecule has 0 bridgehead atoms. The molecule has 0 spiro atoms. The molecule has 7 heteroatoms. The third-order valence-corrected chi connectivity index (χ3v) is 3.46. The average Bonchev–Trinajstić information content (AvgIpc) is 2.42. The number of hydrogen-bond acceptors (Lipinski definition) is 6. The predicted octanol–water partition coefficient (Wildman–Crippen LogP) is 1.29. The Hall–Kier alpha value is -1.79. The molecule has 0 aromatic carbocycles. The van der Waals surface area contributed by atoms with Gasteiger partial charge in [0.2, 0.25) is 0 Å². The number of carboxylic acids is 1. The smallest absolute Gasteiger partial charge is 0.408 e. The fourth-order valence-electron chi connectivity index (χ4n) is 2.39. The molecule has 0 radical (unpaired) electrons. The van der Waals surface area contributed by atoms with Gasteiger partial charge in [0.25, 0.3) is 0 Å². The van der Waals surface area contributed by atoms with E-state index < -0.39 is 29.7 Å². The number of amides is 1. The molecule has 23 heavy (non-hydrogen) atoms. The van der Waals surface area contributed by atoms with Crippen molar-refractivity contribution in [2.24, 2.45) is 0 Å². The van der Waals surface area contributed by atoms with Gasteiger partial charge in [-0.15, -0.1) is 0 Å². The molecule has 1 saturated carbocycles. The summed E-state index contributed by atoms with van der Waals surface area (Å²) in [5.41, 5.74) is -0.736. The molecular weight excluding hydrogens is 302 g/mol. The van der Waals surface area contributed by atoms with Crippen molar-refractivity contribution in [1.29, 1.82) is 0 Å². The largest absolute Gasteiger partial charge is 0.548 e. The lowest BCUT2D eigenvalue weighted by Gasteiger charge is -2.25. The standard InChI is InChI=1S/C16H27NO6/c1-16(2,3)23-15(21)17-12(14(19)20)9-10-13(18)22-11-7-5-4-6-8-11/h11-12H,4-10H2,1-3H3,(H,17,21)(H,19,20)/p-1/t12-/m0/s1. The highest BCUT2D eigenvalue weighted by molar-refractivity contribution is 5.79. The lowest BCUT2D eigenvalue weighted by molar-refractivity contribution is -0.308. The van der Waals surface area contributed by atoms with E-state index in [1.165, 1.54) is 0 Å². The maximum atomic E-state index is 11.8. The third kappa shape index (κ3) is 8.42. The van der Waals surface area contributed by atoms with Gasteiger partial charge in [0, 0.05) is 6.42 Å². The zero-order valence-electron chi connectivity index (χ0n) is 14.1. The molecule has 132 valence electrons. The molecule has 1 amide bonds. The van der Waals surface area contributed by atoms with Gasteiger partial charge in [-0.05, 0) is 52.9 Å². The van der Waals surface area contributed by atoms with Gasteiger partial charge in [0.05, 0.1) is 12.0 Å². The maximum Gasteiger partial charge on any atom is 0.408 e. The topological polar surface area (TPSA) is 105 Å². The number of rotatable bonds is 6. The first-order chi connectivity index (χ1) is 10.7. The van der Waals surface area contributed by atoms with E-state index in [-0.39, 0.29) is 18.9 Å². The fourth-order valence-corrected chi connectivity index (χ4v) is 2.39. The minimum atomic E-state index is -1.46. The number of nitrogens with one attached hydrogen (secondary N) is 1. The van der Waals surface area contributed by atoms with Gasteiger partial charge >= 0.3 is 12.1 Å². The third-order valence-electron chi connectivity index (χ3n) is 3.46. The molecule has 1 N–H and O–H groups in total. The molecule has 0 aromatic heterocycles. The quantitative estimate of drug-likeness (QED) is 0.737. The maximum absolute atomic E-state index is 11.8. The normalized spacial score (nSPS) is 17.2. The summed E-state index contributed by atoms with van der Waals surface area (Å²) in [6.07, 6.45) is 3.83. The van der Waals surface area contributed by atoms with Crippen LogP contribution in [-0.4, -0.2) is 35.8 Å². The van der Waals surface area contributed by atoms with Gasteiger partial charge in [0.15, 0.2) is 0 Å². The van der Waals surface area contributed by atoms with Crippen LogP contribution in [0.2, 0.25) is 0 Å². The van der Waals surface area contributed by atoms with E-state index in [2.05, 4.69) is 5.32 Å². The summed E-state index contributed by atoms with van der Waals surface area (Å²) in [5.74, 6) is -1.91. The van der Waals surface area contributed by atoms with E-state index in [0.717, 1.165) is 32.1 Å². The Morgan fingerprint density at radius 2 is 1.78 bits per heavy atom. The lowest BCUT2D eigenvalue weighted by Crippen LogP contribution is -2.49. The zero-order valence-corrected chi connectivity index (χ0v) is 14.1. The molecule has 1 atom stereocenters. The van der Waals surface area contributed by atoms with E-state index in [1.807, 2.05) is 0 Å². The van der Waals surface area contributed by atoms with Crippen LogP contribution >= 0.6 is 0 Å². The van der Waals surface area contributed by atoms with Crippen LogP contribution in [0, 0.1) is 0 Å². The number of aliphatic carboxylic acids is 1. The second-order valence-corrected chi connectivity index (χ2v) is 6.81. The van der Waals surface area contributed by atoms with Crippen molar-refractivity contribution in [2.75, 3.05) is 0 Å². The summed E-state index contributed by atoms with van der Waals surface area (Å²) in [7, 11) is 0. The monoisotopic (exact) mass is 328 g/mol. The molecule has 1 aliphatic rings. The van der Waals surface area contributed by atoms with E-state index in [1.54, 1.807) is 20.8 Å². The van der Waals surface area contributed by atoms with Crippen LogP contribution < -0.4 is 10.4 Å². The zero-order chi connectivity index (χ0) is 17.5. The van der Waals surface area contributed by atoms with Crippen molar-refractivity contribution in [2.45, 2.75) is 83.5 Å². The Morgan fingerprint density at radius 1 is 1.17 bits per heavy atom. The predicted molar refractivity (Wildman–Crippen MR) is 80.4 cm³/mol. The lowest BCUT2D eigenvalue weighted by atomic mass is 9.98. The van der Waals surface area contributed by atoms with Crippen molar-refractivity contribution >= 4 is 18.0 Å². The summed E-state index contributed by atoms with van der Waals surface area (Å²) in [5, 5.41) is 13.3. The summed E-state index contributed by atoms with van der Waals surface area (Å²) in [4.78, 5) is 34.4. The summed E-state index contributed by atoms with van der Waals surface area (Å²) in [6.45, 7) is 5.01. The number of hydrogen-bond donors (Lipinski definition) is 1. The van der Waals surface area contributed by atoms with Gasteiger partial charge in [-0.3, -0.25) is 4.79 Å². The number of ether oxygens (including phenoxy) is 2. The molecule has 1 rings (SSSR count). The van der Waals surface area contributed by atoms with Crippen LogP contribution in [0.5, 0.6) is 0 Å². The van der Waals surface area contributed by atoms with Crippen LogP contribution in [0.15, 0.2) is 0 Å². The van der Waals surface area contributed by atoms with Crippen molar-refractivity contribution in [3.05, 3.63) is 0 Å². The first-order valence-electron chi connectivity index (χ1n) is 8.07. The number of carboxylic acid groups (broad SMARTS) is 1. The summed E-state index contributed by atoms with van der Waals surface area (Å²) >= 11 is 0. The second kappa shape index (κ2) is 8.74. The molecule has 0 aliphatic heterocycles. The van der Waals surface area contributed by atoms with Crippen LogP contribution in [-0.2, 0) is 19.1 Å². The molecule has 0 saturated heterocycles. The SMILES string of the molecule is CC(C)(C)OC(=O)N[C@@H](CCC(=O)OC1CCCCC1)C(=O)[O-]. The number of carbonyl (C=O) groups is 3. The fraction of sp³-hybridized carbons (Fsp3) is 0.812. The van der Waals surface area contributed by atoms with Gasteiger partial charge in [-0.25, -0.2) is 4.79 Å². The second-order valence-electron chi connectivity index (χ2n) is 6.81. The first-order valence-corrected chi connectivity index (χ1v) is 8.07. The van der Waals surface area contributed by atoms with E-state index in [4.69, 9.17) is 9.47 Å². The highest BCUT2D eigenvalue weighted by Gasteiger charge is 2.22. The molecule has 0 aromatic rings. The molecule has 7 nitrogen and oxygen atoms in total. The molecule has 0 unspecified atom stereocenters. The minimum absolute atomic E-state index is 0.0727. The Morgan fingerprint density at radius 3 is 2.30 bits per heavy atom. The van der Waals surface area contributed by atoms with Crippen LogP contribution in [0.25, 0.3) is 0 Å². The summed E-state index contributed by atoms with van der Waals surface area (Å²) in [6, 6.07) is -1.29. The van der Waals surface area contributed by atoms with Crippen molar-refractivity contribution in [3.63, 3.8) is 0 Å². The first kappa shape index (κ1) is 19.3. The van der Waals surface area contributed by atoms with Crippen LogP contribution in [0.4, 0.5) is 4.79 Å². The molecule has 1 fully saturated rings. The van der Waals surface area contributed by atoms with Crippen molar-refractivity contribution in [1.82, 2.24) is 5.32 Å². The van der Waals surface area contributed by atoms with Crippen molar-refractivity contribution < 1.29 is 29.0 Å². The Bertz CT molecular complexity index is 423. The van der Waals surface area contributed by atoms with Crippen molar-refractivity contribution in [3.8, 4) is 0 Å². The Labute approximate surface area is 136 Å². The average molecular weight is 328 g/mol. The summed E-state index contributed by atoms with van der Waals surface area (Å²) < 4.78 is 10.3. The molecular formula is C16H26NO6-. The molecule has 1 aliphatic carbocycles. The number of esters is 1. The Balaban J connectivity index is 2.38. The highest BCUT2D eigenvalue weighted by atomic mass is 16.6. The van der Waals surface area contributed by atoms with Gasteiger partial charge in [-0.2, -0.15) is 0 Å². The Kier molecular flexibility index (Phi) is 7.32. The van der Waals surface area contributed by atoms with Gasteiger partial charge in [0.1, 0.15) is 11.7 Å². The van der Waals surface area contributed by atoms with Gasteiger partial charge < -0.3 is 24.7 Å². The number of carbonyl (C=O) groups excluding carboxylic acids is 3. The van der Waals surface area contributed by atoms with Crippen LogP contribution in [0.1, 0.15) is 65.7 Å². The van der Waals surface area contributed by atoms with Crippen LogP contribution in [0.3, 0.4) is 0 Å². The number of alkyl carbamates (subject to hydrolysis) is 1. The molecule has 0 heterocycles. The highest BCUT2D eigenvalue weighted by Crippen LogP contribution is 2.21. The van der Waals surface area contributed by atoms with E-state index in [9.17, 15) is 19.5 Å².